The number of nitrogens with zero attached hydrogens (tertiary/aromatic N) is 6. The minimum atomic E-state index is -0.587. The predicted octanol–water partition coefficient (Wildman–Crippen LogP) is 15.5. The average molecular weight is 1110 g/mol. The molecule has 8 heteroatoms. The third kappa shape index (κ3) is 7.18. The van der Waals surface area contributed by atoms with Gasteiger partial charge in [0.05, 0.1) is 0 Å². The van der Waals surface area contributed by atoms with E-state index in [-0.39, 0.29) is 33.4 Å². The van der Waals surface area contributed by atoms with Crippen molar-refractivity contribution in [1.82, 2.24) is 28.2 Å². The molecule has 0 radical (unpaired) electrons. The molecule has 0 N–H and O–H groups in total. The Morgan fingerprint density at radius 3 is 1.79 bits per heavy atom. The first-order valence-electron chi connectivity index (χ1n) is 27.9. The van der Waals surface area contributed by atoms with E-state index < -0.39 is 60.4 Å². The van der Waals surface area contributed by atoms with Gasteiger partial charge < -0.3 is 0 Å². The van der Waals surface area contributed by atoms with Crippen LogP contribution in [0, 0.1) is 15.9 Å². The zero-order valence-electron chi connectivity index (χ0n) is 48.3. The second-order valence-corrected chi connectivity index (χ2v) is 19.1. The Morgan fingerprint density at radius 2 is 1.13 bits per heavy atom. The molecule has 5 aromatic heterocycles. The Bertz CT molecular complexity index is 4700. The van der Waals surface area contributed by atoms with Crippen molar-refractivity contribution in [2.75, 3.05) is 0 Å². The molecule has 71 heavy (non-hydrogen) atoms. The van der Waals surface area contributed by atoms with Gasteiger partial charge in [-0.15, -0.1) is 0 Å². The van der Waals surface area contributed by atoms with Crippen LogP contribution in [-0.4, -0.2) is 28.2 Å². The van der Waals surface area contributed by atoms with Gasteiger partial charge in [-0.05, 0) is 23.1 Å². The number of aromatic nitrogens is 6. The molecule has 344 valence electrons. The number of imidazole rings is 1. The van der Waals surface area contributed by atoms with E-state index in [4.69, 9.17) is 22.9 Å². The summed E-state index contributed by atoms with van der Waals surface area (Å²) in [5.41, 5.74) is 6.33. The molecule has 8 aromatic carbocycles. The maximum absolute atomic E-state index is 9.54. The quantitative estimate of drug-likeness (QED) is 0.143. The van der Waals surface area contributed by atoms with E-state index in [1.807, 2.05) is 140 Å². The second kappa shape index (κ2) is 16.9. The second-order valence-electron chi connectivity index (χ2n) is 18.1. The van der Waals surface area contributed by atoms with Crippen molar-refractivity contribution >= 4 is 54.8 Å². The summed E-state index contributed by atoms with van der Waals surface area (Å²) < 4.78 is 106. The Kier molecular flexibility index (Phi) is 7.92. The number of ether oxygens (including phenoxy) is 1. The standard InChI is InChI=1S/C63H44N6O.Pt/c1-63(2,3)44-33-35-64-60(36-44)69-59-40-48(31-32-51(59)52-26-17-34-65-62(52)69)70-47-23-16-22-45(37-47)66-41-67(58-30-15-14-29-57(58)66)61-53(42-18-6-4-7-19-42)38-46(39-54(61)43-20-8-5-9-21-43)68-55-27-12-10-24-49(55)50-25-11-13-28-56(50)68;/h4-36,38-39H,1-3H3;/q-2;/i4D,5D,6D,7D,8D,9D,18D,19D,20D,21D;. The molecule has 0 saturated heterocycles. The van der Waals surface area contributed by atoms with Crippen molar-refractivity contribution in [2.24, 2.45) is 0 Å². The van der Waals surface area contributed by atoms with Crippen LogP contribution in [0.2, 0.25) is 0 Å². The van der Waals surface area contributed by atoms with Crippen LogP contribution < -0.4 is 4.74 Å². The van der Waals surface area contributed by atoms with E-state index >= 15 is 0 Å². The van der Waals surface area contributed by atoms with E-state index in [9.17, 15) is 5.48 Å². The summed E-state index contributed by atoms with van der Waals surface area (Å²) in [5, 5.41) is 3.68. The Morgan fingerprint density at radius 1 is 0.521 bits per heavy atom. The SMILES string of the molecule is [2H]c1c([2H])c([2H])c(-c2cc(-n3c4ccccc4c4ccccc43)cc(-c3c([2H])c([2H])c([2H])c([2H])c3[2H])c2-n2[c](=[Pt])n(-c3[c-]c(Oc4[c-]c5c(cc4)c4cccnc4n5-c4cc(C(C)(C)C)ccn4)ccc3)c3ccccc32)c([2H])c1[2H]. The normalized spacial score (nSPS) is 13.9. The van der Waals surface area contributed by atoms with Crippen LogP contribution in [-0.2, 0) is 24.8 Å². The van der Waals surface area contributed by atoms with E-state index in [0.717, 1.165) is 49.3 Å². The fourth-order valence-electron chi connectivity index (χ4n) is 9.68. The fraction of sp³-hybridized carbons (Fsp3) is 0.0635. The topological polar surface area (TPSA) is 54.7 Å². The van der Waals surface area contributed by atoms with Gasteiger partial charge in [-0.3, -0.25) is 0 Å². The molecule has 5 heterocycles. The van der Waals surface area contributed by atoms with E-state index in [2.05, 4.69) is 58.3 Å². The summed E-state index contributed by atoms with van der Waals surface area (Å²) in [4.78, 5) is 9.59. The van der Waals surface area contributed by atoms with Gasteiger partial charge in [-0.25, -0.2) is 0 Å². The number of hydrogen-bond acceptors (Lipinski definition) is 3. The number of para-hydroxylation sites is 4. The number of hydrogen-bond donors (Lipinski definition) is 0. The van der Waals surface area contributed by atoms with Crippen molar-refractivity contribution in [3.63, 3.8) is 0 Å². The van der Waals surface area contributed by atoms with Gasteiger partial charge in [0.2, 0.25) is 0 Å². The molecule has 0 aliphatic rings. The van der Waals surface area contributed by atoms with Crippen molar-refractivity contribution in [2.45, 2.75) is 26.2 Å². The van der Waals surface area contributed by atoms with Gasteiger partial charge in [-0.1, -0.05) is 20.8 Å². The van der Waals surface area contributed by atoms with Crippen LogP contribution in [0.15, 0.2) is 212 Å². The number of rotatable bonds is 8. The number of fused-ring (bicyclic) bond motifs is 7. The molecule has 0 amide bonds. The first kappa shape index (κ1) is 33.2. The minimum absolute atomic E-state index is 0.136. The fourth-order valence-corrected chi connectivity index (χ4v) is 10.8. The Hall–Kier alpha value is -8.38. The molecule has 13 aromatic rings. The van der Waals surface area contributed by atoms with E-state index in [1.54, 1.807) is 24.4 Å². The van der Waals surface area contributed by atoms with Crippen molar-refractivity contribution < 1.29 is 37.8 Å². The molecule has 13 rings (SSSR count). The summed E-state index contributed by atoms with van der Waals surface area (Å²) in [5.74, 6) is 1.45. The average Bonchev–Trinajstić information content (AvgIpc) is 3.57. The van der Waals surface area contributed by atoms with Crippen molar-refractivity contribution in [3.05, 3.63) is 234 Å². The Labute approximate surface area is 435 Å². The molecular formula is C63H44N6OPt-2. The molecule has 0 unspecified atom stereocenters. The molecule has 0 aliphatic carbocycles. The summed E-state index contributed by atoms with van der Waals surface area (Å²) in [6, 6.07) is 45.6. The predicted molar refractivity (Wildman–Crippen MR) is 284 cm³/mol. The van der Waals surface area contributed by atoms with Gasteiger partial charge in [0.15, 0.2) is 0 Å². The zero-order chi connectivity index (χ0) is 56.5. The summed E-state index contributed by atoms with van der Waals surface area (Å²) in [6.07, 6.45) is 3.57. The molecular weight excluding hydrogens is 1050 g/mol. The third-order valence-corrected chi connectivity index (χ3v) is 13.9. The van der Waals surface area contributed by atoms with Gasteiger partial charge in [-0.2, -0.15) is 0 Å². The zero-order valence-corrected chi connectivity index (χ0v) is 40.6. The molecule has 0 bridgehead atoms. The van der Waals surface area contributed by atoms with E-state index in [0.29, 0.717) is 43.5 Å². The van der Waals surface area contributed by atoms with E-state index in [1.165, 1.54) is 0 Å². The molecule has 7 nitrogen and oxygen atoms in total. The summed E-state index contributed by atoms with van der Waals surface area (Å²) in [7, 11) is 0. The molecule has 0 fully saturated rings. The molecule has 0 spiro atoms. The molecule has 0 atom stereocenters. The van der Waals surface area contributed by atoms with Crippen LogP contribution in [0.4, 0.5) is 0 Å². The van der Waals surface area contributed by atoms with Crippen LogP contribution in [0.25, 0.3) is 99.9 Å². The first-order valence-corrected chi connectivity index (χ1v) is 24.0. The first-order chi connectivity index (χ1) is 38.9. The number of benzene rings is 8. The van der Waals surface area contributed by atoms with Crippen LogP contribution in [0.1, 0.15) is 40.0 Å². The van der Waals surface area contributed by atoms with Gasteiger partial charge in [0, 0.05) is 12.4 Å². The summed E-state index contributed by atoms with van der Waals surface area (Å²) in [6.45, 7) is 6.47. The van der Waals surface area contributed by atoms with Crippen molar-refractivity contribution in [3.8, 4) is 56.6 Å². The third-order valence-electron chi connectivity index (χ3n) is 12.9. The Balaban J connectivity index is 1.07. The van der Waals surface area contributed by atoms with Crippen LogP contribution >= 0.6 is 0 Å². The van der Waals surface area contributed by atoms with Gasteiger partial charge in [0.1, 0.15) is 0 Å². The van der Waals surface area contributed by atoms with Gasteiger partial charge in [0.25, 0.3) is 0 Å². The van der Waals surface area contributed by atoms with Crippen LogP contribution in [0.5, 0.6) is 11.5 Å². The monoisotopic (exact) mass is 1110 g/mol. The molecule has 0 aliphatic heterocycles. The van der Waals surface area contributed by atoms with Crippen molar-refractivity contribution in [1.29, 1.82) is 0 Å². The summed E-state index contributed by atoms with van der Waals surface area (Å²) >= 11 is 2.17. The molecule has 0 saturated carbocycles. The van der Waals surface area contributed by atoms with Crippen LogP contribution in [0.3, 0.4) is 0 Å². The maximum atomic E-state index is 9.54. The number of pyridine rings is 2. The van der Waals surface area contributed by atoms with Gasteiger partial charge >= 0.3 is 381 Å².